The molecule has 22 heavy (non-hydrogen) atoms. The Hall–Kier alpha value is -1.75. The van der Waals surface area contributed by atoms with Crippen molar-refractivity contribution >= 4 is 6.09 Å². The van der Waals surface area contributed by atoms with Crippen molar-refractivity contribution in [2.45, 2.75) is 31.9 Å². The Kier molecular flexibility index (Phi) is 4.25. The molecule has 5 heteroatoms. The van der Waals surface area contributed by atoms with Gasteiger partial charge in [-0.05, 0) is 32.4 Å². The first-order valence-corrected chi connectivity index (χ1v) is 7.93. The van der Waals surface area contributed by atoms with E-state index in [9.17, 15) is 4.79 Å². The zero-order chi connectivity index (χ0) is 15.6. The molecular formula is C17H24N2O3. The second kappa shape index (κ2) is 6.16. The van der Waals surface area contributed by atoms with Gasteiger partial charge in [0.15, 0.2) is 0 Å². The molecule has 2 atom stereocenters. The number of carbonyl (C=O) groups is 1. The van der Waals surface area contributed by atoms with Gasteiger partial charge in [0.2, 0.25) is 0 Å². The highest BCUT2D eigenvalue weighted by Gasteiger charge is 2.47. The van der Waals surface area contributed by atoms with Gasteiger partial charge in [0.05, 0.1) is 20.2 Å². The summed E-state index contributed by atoms with van der Waals surface area (Å²) >= 11 is 0. The highest BCUT2D eigenvalue weighted by Crippen LogP contribution is 2.35. The molecule has 120 valence electrons. The predicted octanol–water partition coefficient (Wildman–Crippen LogP) is 2.41. The molecule has 2 saturated heterocycles. The van der Waals surface area contributed by atoms with Crippen molar-refractivity contribution in [1.82, 2.24) is 10.2 Å². The maximum atomic E-state index is 12.3. The van der Waals surface area contributed by atoms with Gasteiger partial charge in [-0.1, -0.05) is 18.2 Å². The van der Waals surface area contributed by atoms with Crippen LogP contribution in [0.4, 0.5) is 4.79 Å². The number of amides is 1. The molecule has 2 unspecified atom stereocenters. The minimum absolute atomic E-state index is 0.223. The van der Waals surface area contributed by atoms with E-state index in [0.29, 0.717) is 19.0 Å². The molecule has 0 spiro atoms. The van der Waals surface area contributed by atoms with Crippen molar-refractivity contribution in [3.05, 3.63) is 29.8 Å². The van der Waals surface area contributed by atoms with Crippen LogP contribution in [0.25, 0.3) is 0 Å². The lowest BCUT2D eigenvalue weighted by molar-refractivity contribution is 0.0121. The second-order valence-corrected chi connectivity index (χ2v) is 6.39. The number of ether oxygens (including phenoxy) is 2. The number of hydrogen-bond acceptors (Lipinski definition) is 4. The Balaban J connectivity index is 1.71. The zero-order valence-corrected chi connectivity index (χ0v) is 13.3. The maximum absolute atomic E-state index is 12.3. The molecule has 3 rings (SSSR count). The summed E-state index contributed by atoms with van der Waals surface area (Å²) in [6, 6.07) is 7.80. The lowest BCUT2D eigenvalue weighted by atomic mass is 9.83. The van der Waals surface area contributed by atoms with Crippen molar-refractivity contribution < 1.29 is 14.3 Å². The van der Waals surface area contributed by atoms with E-state index in [2.05, 4.69) is 12.2 Å². The van der Waals surface area contributed by atoms with Gasteiger partial charge in [0.1, 0.15) is 11.4 Å². The monoisotopic (exact) mass is 304 g/mol. The van der Waals surface area contributed by atoms with E-state index in [1.807, 2.05) is 24.3 Å². The molecule has 0 saturated carbocycles. The Morgan fingerprint density at radius 1 is 1.45 bits per heavy atom. The average molecular weight is 304 g/mol. The molecule has 2 aliphatic rings. The molecule has 0 aromatic heterocycles. The van der Waals surface area contributed by atoms with Crippen LogP contribution in [0.15, 0.2) is 24.3 Å². The number of nitrogens with one attached hydrogen (secondary N) is 1. The van der Waals surface area contributed by atoms with Crippen LogP contribution in [-0.4, -0.2) is 43.3 Å². The van der Waals surface area contributed by atoms with Crippen molar-refractivity contribution in [3.63, 3.8) is 0 Å². The summed E-state index contributed by atoms with van der Waals surface area (Å²) < 4.78 is 11.1. The number of nitrogens with zero attached hydrogens (tertiary/aromatic N) is 1. The number of carbonyl (C=O) groups excluding carboxylic acids is 1. The predicted molar refractivity (Wildman–Crippen MR) is 83.9 cm³/mol. The van der Waals surface area contributed by atoms with Crippen LogP contribution in [0.2, 0.25) is 0 Å². The molecular weight excluding hydrogens is 280 g/mol. The molecule has 0 bridgehead atoms. The summed E-state index contributed by atoms with van der Waals surface area (Å²) in [5.74, 6) is 1.19. The first-order valence-electron chi connectivity index (χ1n) is 7.93. The van der Waals surface area contributed by atoms with E-state index in [0.717, 1.165) is 37.2 Å². The number of benzene rings is 1. The third-order valence-corrected chi connectivity index (χ3v) is 4.80. The summed E-state index contributed by atoms with van der Waals surface area (Å²) in [6.45, 7) is 5.21. The Morgan fingerprint density at radius 2 is 2.27 bits per heavy atom. The highest BCUT2D eigenvalue weighted by molar-refractivity contribution is 5.71. The van der Waals surface area contributed by atoms with Gasteiger partial charge >= 0.3 is 6.09 Å². The van der Waals surface area contributed by atoms with Gasteiger partial charge < -0.3 is 14.8 Å². The topological polar surface area (TPSA) is 50.8 Å². The number of hydrogen-bond donors (Lipinski definition) is 1. The van der Waals surface area contributed by atoms with Crippen LogP contribution in [0.1, 0.15) is 25.3 Å². The minimum Gasteiger partial charge on any atom is -0.496 e. The number of cyclic esters (lactones) is 1. The van der Waals surface area contributed by atoms with Crippen molar-refractivity contribution in [3.8, 4) is 5.75 Å². The van der Waals surface area contributed by atoms with E-state index in [-0.39, 0.29) is 6.09 Å². The number of piperidine rings is 1. The van der Waals surface area contributed by atoms with Crippen LogP contribution >= 0.6 is 0 Å². The zero-order valence-electron chi connectivity index (χ0n) is 13.3. The molecule has 2 fully saturated rings. The average Bonchev–Trinajstić information content (AvgIpc) is 2.84. The van der Waals surface area contributed by atoms with E-state index in [1.165, 1.54) is 0 Å². The SMILES string of the molecule is COc1ccccc1CN1CC(C)(C2CCCNC2)OC1=O. The molecule has 0 aliphatic carbocycles. The Bertz CT molecular complexity index is 542. The molecule has 2 aliphatic heterocycles. The van der Waals surface area contributed by atoms with Gasteiger partial charge in [-0.25, -0.2) is 4.79 Å². The van der Waals surface area contributed by atoms with E-state index in [1.54, 1.807) is 12.0 Å². The molecule has 2 heterocycles. The molecule has 1 aromatic rings. The smallest absolute Gasteiger partial charge is 0.410 e. The largest absolute Gasteiger partial charge is 0.496 e. The molecule has 1 amide bonds. The summed E-state index contributed by atoms with van der Waals surface area (Å²) in [4.78, 5) is 14.1. The van der Waals surface area contributed by atoms with E-state index in [4.69, 9.17) is 9.47 Å². The van der Waals surface area contributed by atoms with Gasteiger partial charge in [-0.2, -0.15) is 0 Å². The summed E-state index contributed by atoms with van der Waals surface area (Å²) in [5.41, 5.74) is 0.611. The van der Waals surface area contributed by atoms with Crippen LogP contribution < -0.4 is 10.1 Å². The molecule has 5 nitrogen and oxygen atoms in total. The molecule has 1 aromatic carbocycles. The van der Waals surface area contributed by atoms with Gasteiger partial charge in [0.25, 0.3) is 0 Å². The van der Waals surface area contributed by atoms with Crippen molar-refractivity contribution in [2.75, 3.05) is 26.7 Å². The lowest BCUT2D eigenvalue weighted by Crippen LogP contribution is -2.46. The standard InChI is InChI=1S/C17H24N2O3/c1-17(14-7-5-9-18-10-14)12-19(16(20)22-17)11-13-6-3-4-8-15(13)21-2/h3-4,6,8,14,18H,5,7,9-12H2,1-2H3. The van der Waals surface area contributed by atoms with Crippen LogP contribution in [0, 0.1) is 5.92 Å². The highest BCUT2D eigenvalue weighted by atomic mass is 16.6. The van der Waals surface area contributed by atoms with Crippen LogP contribution in [0.3, 0.4) is 0 Å². The summed E-state index contributed by atoms with van der Waals surface area (Å²) in [5, 5.41) is 3.40. The fourth-order valence-corrected chi connectivity index (χ4v) is 3.48. The third kappa shape index (κ3) is 2.90. The van der Waals surface area contributed by atoms with Gasteiger partial charge in [-0.3, -0.25) is 4.90 Å². The lowest BCUT2D eigenvalue weighted by Gasteiger charge is -2.34. The first kappa shape index (κ1) is 15.2. The van der Waals surface area contributed by atoms with Crippen molar-refractivity contribution in [2.24, 2.45) is 5.92 Å². The van der Waals surface area contributed by atoms with E-state index < -0.39 is 5.60 Å². The fourth-order valence-electron chi connectivity index (χ4n) is 3.48. The van der Waals surface area contributed by atoms with Crippen LogP contribution in [0.5, 0.6) is 5.75 Å². The quantitative estimate of drug-likeness (QED) is 0.928. The van der Waals surface area contributed by atoms with Gasteiger partial charge in [0, 0.05) is 18.0 Å². The minimum atomic E-state index is -0.396. The molecule has 0 radical (unpaired) electrons. The second-order valence-electron chi connectivity index (χ2n) is 6.39. The maximum Gasteiger partial charge on any atom is 0.410 e. The Morgan fingerprint density at radius 3 is 3.00 bits per heavy atom. The third-order valence-electron chi connectivity index (χ3n) is 4.80. The normalized spacial score (nSPS) is 28.5. The number of rotatable bonds is 4. The van der Waals surface area contributed by atoms with Gasteiger partial charge in [-0.15, -0.1) is 0 Å². The first-order chi connectivity index (χ1) is 10.6. The Labute approximate surface area is 131 Å². The summed E-state index contributed by atoms with van der Waals surface area (Å²) in [6.07, 6.45) is 2.03. The van der Waals surface area contributed by atoms with Crippen molar-refractivity contribution in [1.29, 1.82) is 0 Å². The number of methoxy groups -OCH3 is 1. The fraction of sp³-hybridized carbons (Fsp3) is 0.588. The summed E-state index contributed by atoms with van der Waals surface area (Å²) in [7, 11) is 1.65. The molecule has 1 N–H and O–H groups in total. The van der Waals surface area contributed by atoms with E-state index >= 15 is 0 Å². The van der Waals surface area contributed by atoms with Crippen LogP contribution in [-0.2, 0) is 11.3 Å². The number of para-hydroxylation sites is 1.